The van der Waals surface area contributed by atoms with Crippen molar-refractivity contribution in [3.8, 4) is 0 Å². The zero-order chi connectivity index (χ0) is 13.3. The van der Waals surface area contributed by atoms with E-state index in [-0.39, 0.29) is 12.1 Å². The molecule has 2 aliphatic rings. The Hall–Kier alpha value is -1.30. The molecule has 18 heavy (non-hydrogen) atoms. The van der Waals surface area contributed by atoms with Crippen LogP contribution < -0.4 is 0 Å². The van der Waals surface area contributed by atoms with Gasteiger partial charge in [0.1, 0.15) is 6.04 Å². The number of carboxylic acid groups (broad SMARTS) is 1. The molecule has 1 unspecified atom stereocenters. The summed E-state index contributed by atoms with van der Waals surface area (Å²) in [4.78, 5) is 29.0. The highest BCUT2D eigenvalue weighted by Crippen LogP contribution is 2.21. The van der Waals surface area contributed by atoms with Gasteiger partial charge in [0.15, 0.2) is 0 Å². The zero-order valence-corrected chi connectivity index (χ0v) is 11.0. The number of carboxylic acids is 1. The number of hydrogen-bond acceptors (Lipinski definition) is 3. The van der Waals surface area contributed by atoms with Crippen LogP contribution in [0.1, 0.15) is 19.8 Å². The molecule has 0 saturated carbocycles. The lowest BCUT2D eigenvalue weighted by atomic mass is 10.2. The highest BCUT2D eigenvalue weighted by molar-refractivity contribution is 5.83. The smallest absolute Gasteiger partial charge is 0.326 e. The summed E-state index contributed by atoms with van der Waals surface area (Å²) in [6.07, 6.45) is 1.36. The maximum Gasteiger partial charge on any atom is 0.326 e. The third-order valence-electron chi connectivity index (χ3n) is 3.86. The Morgan fingerprint density at radius 1 is 1.17 bits per heavy atom. The number of aliphatic carboxylic acids is 1. The second-order valence-electron chi connectivity index (χ2n) is 5.28. The van der Waals surface area contributed by atoms with Gasteiger partial charge in [0.05, 0.1) is 0 Å². The molecule has 0 bridgehead atoms. The first-order chi connectivity index (χ1) is 8.50. The number of carbonyl (C=O) groups excluding carboxylic acids is 1. The van der Waals surface area contributed by atoms with Crippen LogP contribution in [0.3, 0.4) is 0 Å². The van der Waals surface area contributed by atoms with Gasteiger partial charge in [-0.2, -0.15) is 0 Å². The fourth-order valence-electron chi connectivity index (χ4n) is 2.84. The molecule has 0 aliphatic carbocycles. The number of rotatable bonds is 1. The van der Waals surface area contributed by atoms with Gasteiger partial charge in [0.25, 0.3) is 0 Å². The van der Waals surface area contributed by atoms with Crippen LogP contribution in [0.5, 0.6) is 0 Å². The van der Waals surface area contributed by atoms with Crippen molar-refractivity contribution in [2.24, 2.45) is 0 Å². The highest BCUT2D eigenvalue weighted by atomic mass is 16.4. The number of hydrogen-bond donors (Lipinski definition) is 1. The van der Waals surface area contributed by atoms with Crippen molar-refractivity contribution < 1.29 is 14.7 Å². The van der Waals surface area contributed by atoms with Crippen molar-refractivity contribution in [1.82, 2.24) is 14.7 Å². The van der Waals surface area contributed by atoms with Crippen molar-refractivity contribution >= 4 is 12.0 Å². The molecule has 0 spiro atoms. The predicted octanol–water partition coefficient (Wildman–Crippen LogP) is 0.291. The molecule has 0 aromatic carbocycles. The summed E-state index contributed by atoms with van der Waals surface area (Å²) in [6.45, 7) is 4.95. The van der Waals surface area contributed by atoms with E-state index in [0.717, 1.165) is 19.5 Å². The number of amides is 2. The van der Waals surface area contributed by atoms with E-state index in [1.165, 1.54) is 4.90 Å². The van der Waals surface area contributed by atoms with E-state index < -0.39 is 12.0 Å². The number of nitrogens with zero attached hydrogens (tertiary/aromatic N) is 3. The number of carbonyl (C=O) groups is 2. The van der Waals surface area contributed by atoms with Crippen LogP contribution in [0.15, 0.2) is 0 Å². The third-order valence-corrected chi connectivity index (χ3v) is 3.86. The fraction of sp³-hybridized carbons (Fsp3) is 0.833. The average molecular weight is 255 g/mol. The normalized spacial score (nSPS) is 29.7. The summed E-state index contributed by atoms with van der Waals surface area (Å²) in [6, 6.07) is -0.601. The first-order valence-corrected chi connectivity index (χ1v) is 6.49. The lowest BCUT2D eigenvalue weighted by Crippen LogP contribution is -2.57. The molecule has 1 N–H and O–H groups in total. The molecule has 102 valence electrons. The third kappa shape index (κ3) is 2.43. The van der Waals surface area contributed by atoms with E-state index in [2.05, 4.69) is 4.90 Å². The molecule has 2 heterocycles. The first kappa shape index (κ1) is 13.1. The highest BCUT2D eigenvalue weighted by Gasteiger charge is 2.38. The zero-order valence-electron chi connectivity index (χ0n) is 11.0. The van der Waals surface area contributed by atoms with Crippen LogP contribution >= 0.6 is 0 Å². The van der Waals surface area contributed by atoms with Gasteiger partial charge >= 0.3 is 12.0 Å². The van der Waals surface area contributed by atoms with Crippen LogP contribution in [0.2, 0.25) is 0 Å². The molecule has 2 fully saturated rings. The Labute approximate surface area is 107 Å². The number of likely N-dealkylation sites (tertiary alicyclic amines) is 1. The minimum atomic E-state index is -0.886. The Bertz CT molecular complexity index is 347. The van der Waals surface area contributed by atoms with Crippen LogP contribution in [-0.4, -0.2) is 77.1 Å². The molecule has 2 aliphatic heterocycles. The molecule has 6 heteroatoms. The van der Waals surface area contributed by atoms with Crippen molar-refractivity contribution in [2.75, 3.05) is 33.2 Å². The average Bonchev–Trinajstić information content (AvgIpc) is 2.77. The summed E-state index contributed by atoms with van der Waals surface area (Å²) >= 11 is 0. The van der Waals surface area contributed by atoms with Gasteiger partial charge in [-0.1, -0.05) is 0 Å². The van der Waals surface area contributed by atoms with E-state index in [4.69, 9.17) is 5.11 Å². The lowest BCUT2D eigenvalue weighted by molar-refractivity contribution is -0.141. The Kier molecular flexibility index (Phi) is 3.75. The van der Waals surface area contributed by atoms with Crippen LogP contribution in [-0.2, 0) is 4.79 Å². The monoisotopic (exact) mass is 255 g/mol. The molecule has 0 radical (unpaired) electrons. The standard InChI is InChI=1S/C12H21N3O3/c1-9-8-13(2)6-7-14(9)12(18)15-5-3-4-10(15)11(16)17/h9-10H,3-8H2,1-2H3,(H,16,17)/t9?,10-/m0/s1. The topological polar surface area (TPSA) is 64.1 Å². The summed E-state index contributed by atoms with van der Waals surface area (Å²) in [5.41, 5.74) is 0. The summed E-state index contributed by atoms with van der Waals surface area (Å²) in [7, 11) is 2.04. The number of likely N-dealkylation sites (N-methyl/N-ethyl adjacent to an activating group) is 1. The van der Waals surface area contributed by atoms with Crippen molar-refractivity contribution in [3.63, 3.8) is 0 Å². The van der Waals surface area contributed by atoms with Crippen molar-refractivity contribution in [2.45, 2.75) is 31.8 Å². The molecule has 2 amide bonds. The number of piperazine rings is 1. The molecule has 0 aromatic rings. The van der Waals surface area contributed by atoms with E-state index in [9.17, 15) is 9.59 Å². The van der Waals surface area contributed by atoms with Gasteiger partial charge in [-0.15, -0.1) is 0 Å². The van der Waals surface area contributed by atoms with Crippen molar-refractivity contribution in [3.05, 3.63) is 0 Å². The van der Waals surface area contributed by atoms with Crippen molar-refractivity contribution in [1.29, 1.82) is 0 Å². The van der Waals surface area contributed by atoms with Gasteiger partial charge in [-0.25, -0.2) is 9.59 Å². The van der Waals surface area contributed by atoms with Crippen LogP contribution in [0, 0.1) is 0 Å². The summed E-state index contributed by atoms with van der Waals surface area (Å²) in [5, 5.41) is 9.12. The fourth-order valence-corrected chi connectivity index (χ4v) is 2.84. The minimum Gasteiger partial charge on any atom is -0.480 e. The van der Waals surface area contributed by atoms with Gasteiger partial charge in [-0.3, -0.25) is 0 Å². The molecule has 6 nitrogen and oxygen atoms in total. The van der Waals surface area contributed by atoms with Gasteiger partial charge < -0.3 is 19.8 Å². The lowest BCUT2D eigenvalue weighted by Gasteiger charge is -2.40. The molecule has 2 saturated heterocycles. The Morgan fingerprint density at radius 3 is 2.50 bits per heavy atom. The summed E-state index contributed by atoms with van der Waals surface area (Å²) in [5.74, 6) is -0.886. The van der Waals surface area contributed by atoms with E-state index in [0.29, 0.717) is 19.5 Å². The maximum atomic E-state index is 12.4. The molecular formula is C12H21N3O3. The van der Waals surface area contributed by atoms with E-state index in [1.54, 1.807) is 4.90 Å². The quantitative estimate of drug-likeness (QED) is 0.731. The Balaban J connectivity index is 2.04. The second-order valence-corrected chi connectivity index (χ2v) is 5.28. The van der Waals surface area contributed by atoms with Crippen LogP contribution in [0.4, 0.5) is 4.79 Å². The van der Waals surface area contributed by atoms with Crippen LogP contribution in [0.25, 0.3) is 0 Å². The van der Waals surface area contributed by atoms with E-state index in [1.807, 2.05) is 14.0 Å². The van der Waals surface area contributed by atoms with E-state index >= 15 is 0 Å². The molecule has 2 rings (SSSR count). The van der Waals surface area contributed by atoms with Gasteiger partial charge in [0, 0.05) is 32.2 Å². The van der Waals surface area contributed by atoms with Gasteiger partial charge in [-0.05, 0) is 26.8 Å². The Morgan fingerprint density at radius 2 is 1.89 bits per heavy atom. The first-order valence-electron chi connectivity index (χ1n) is 6.49. The molecule has 0 aromatic heterocycles. The number of urea groups is 1. The SMILES string of the molecule is CC1CN(C)CCN1C(=O)N1CCC[C@H]1C(=O)O. The second kappa shape index (κ2) is 5.14. The largest absolute Gasteiger partial charge is 0.480 e. The maximum absolute atomic E-state index is 12.4. The van der Waals surface area contributed by atoms with Gasteiger partial charge in [0.2, 0.25) is 0 Å². The molecular weight excluding hydrogens is 234 g/mol. The predicted molar refractivity (Wildman–Crippen MR) is 66.4 cm³/mol. The molecule has 2 atom stereocenters. The summed E-state index contributed by atoms with van der Waals surface area (Å²) < 4.78 is 0. The minimum absolute atomic E-state index is 0.111.